The second-order valence-electron chi connectivity index (χ2n) is 3.38. The van der Waals surface area contributed by atoms with E-state index in [0.29, 0.717) is 16.7 Å². The Morgan fingerprint density at radius 3 is 2.62 bits per heavy atom. The number of aromatic nitrogens is 2. The third kappa shape index (κ3) is 2.33. The molecule has 0 radical (unpaired) electrons. The lowest BCUT2D eigenvalue weighted by atomic mass is 10.2. The monoisotopic (exact) mass is 297 g/mol. The SMILES string of the molecule is Cc1cc(N)nc(-c2ccc(Cl)cc2Br)n1. The van der Waals surface area contributed by atoms with Gasteiger partial charge in [0, 0.05) is 26.8 Å². The Hall–Kier alpha value is -1.13. The van der Waals surface area contributed by atoms with Gasteiger partial charge in [-0.1, -0.05) is 11.6 Å². The number of benzene rings is 1. The molecule has 0 aliphatic heterocycles. The second kappa shape index (κ2) is 4.39. The first-order valence-electron chi connectivity index (χ1n) is 4.63. The van der Waals surface area contributed by atoms with Crippen molar-refractivity contribution in [2.75, 3.05) is 5.73 Å². The highest BCUT2D eigenvalue weighted by Crippen LogP contribution is 2.28. The third-order valence-electron chi connectivity index (χ3n) is 2.05. The second-order valence-corrected chi connectivity index (χ2v) is 4.67. The van der Waals surface area contributed by atoms with Gasteiger partial charge in [-0.2, -0.15) is 0 Å². The van der Waals surface area contributed by atoms with Crippen LogP contribution in [0.5, 0.6) is 0 Å². The van der Waals surface area contributed by atoms with Crippen molar-refractivity contribution in [3.8, 4) is 11.4 Å². The highest BCUT2D eigenvalue weighted by Gasteiger charge is 2.07. The van der Waals surface area contributed by atoms with E-state index in [0.717, 1.165) is 15.7 Å². The lowest BCUT2D eigenvalue weighted by molar-refractivity contribution is 1.12. The molecule has 0 fully saturated rings. The minimum Gasteiger partial charge on any atom is -0.384 e. The first-order chi connectivity index (χ1) is 7.56. The average Bonchev–Trinajstić information content (AvgIpc) is 2.15. The van der Waals surface area contributed by atoms with Gasteiger partial charge in [0.25, 0.3) is 0 Å². The Bertz CT molecular complexity index is 522. The molecule has 0 spiro atoms. The molecular formula is C11H9BrClN3. The zero-order valence-corrected chi connectivity index (χ0v) is 10.9. The third-order valence-corrected chi connectivity index (χ3v) is 2.94. The van der Waals surface area contributed by atoms with Gasteiger partial charge >= 0.3 is 0 Å². The van der Waals surface area contributed by atoms with E-state index >= 15 is 0 Å². The molecule has 0 saturated heterocycles. The molecule has 0 atom stereocenters. The van der Waals surface area contributed by atoms with E-state index in [4.69, 9.17) is 17.3 Å². The molecule has 0 bridgehead atoms. The van der Waals surface area contributed by atoms with Gasteiger partial charge in [-0.15, -0.1) is 0 Å². The normalized spacial score (nSPS) is 10.4. The Labute approximate surface area is 107 Å². The van der Waals surface area contributed by atoms with Gasteiger partial charge < -0.3 is 5.73 Å². The number of rotatable bonds is 1. The summed E-state index contributed by atoms with van der Waals surface area (Å²) >= 11 is 9.30. The highest BCUT2D eigenvalue weighted by molar-refractivity contribution is 9.10. The smallest absolute Gasteiger partial charge is 0.162 e. The van der Waals surface area contributed by atoms with E-state index in [2.05, 4.69) is 25.9 Å². The number of halogens is 2. The van der Waals surface area contributed by atoms with Gasteiger partial charge in [0.15, 0.2) is 5.82 Å². The Morgan fingerprint density at radius 2 is 2.00 bits per heavy atom. The van der Waals surface area contributed by atoms with Crippen molar-refractivity contribution in [2.24, 2.45) is 0 Å². The lowest BCUT2D eigenvalue weighted by Crippen LogP contribution is -1.97. The fourth-order valence-corrected chi connectivity index (χ4v) is 2.24. The molecule has 0 aliphatic carbocycles. The summed E-state index contributed by atoms with van der Waals surface area (Å²) in [5, 5.41) is 0.663. The maximum atomic E-state index is 5.87. The van der Waals surface area contributed by atoms with Crippen molar-refractivity contribution in [3.63, 3.8) is 0 Å². The van der Waals surface area contributed by atoms with Crippen LogP contribution < -0.4 is 5.73 Å². The quantitative estimate of drug-likeness (QED) is 0.877. The van der Waals surface area contributed by atoms with E-state index in [-0.39, 0.29) is 0 Å². The predicted molar refractivity (Wildman–Crippen MR) is 69.3 cm³/mol. The van der Waals surface area contributed by atoms with Gasteiger partial charge in [-0.25, -0.2) is 9.97 Å². The molecule has 1 aromatic carbocycles. The summed E-state index contributed by atoms with van der Waals surface area (Å²) in [7, 11) is 0. The van der Waals surface area contributed by atoms with E-state index < -0.39 is 0 Å². The van der Waals surface area contributed by atoms with Crippen LogP contribution in [0.3, 0.4) is 0 Å². The summed E-state index contributed by atoms with van der Waals surface area (Å²) in [5.41, 5.74) is 7.40. The Balaban J connectivity index is 2.58. The molecule has 2 rings (SSSR count). The maximum absolute atomic E-state index is 5.87. The maximum Gasteiger partial charge on any atom is 0.162 e. The van der Waals surface area contributed by atoms with Crippen LogP contribution in [0.1, 0.15) is 5.69 Å². The van der Waals surface area contributed by atoms with Crippen LogP contribution in [-0.2, 0) is 0 Å². The van der Waals surface area contributed by atoms with E-state index in [1.54, 1.807) is 18.2 Å². The molecule has 16 heavy (non-hydrogen) atoms. The van der Waals surface area contributed by atoms with Gasteiger partial charge in [0.1, 0.15) is 5.82 Å². The van der Waals surface area contributed by atoms with E-state index in [1.165, 1.54) is 0 Å². The van der Waals surface area contributed by atoms with Crippen molar-refractivity contribution < 1.29 is 0 Å². The molecular weight excluding hydrogens is 289 g/mol. The fourth-order valence-electron chi connectivity index (χ4n) is 1.38. The number of hydrogen-bond acceptors (Lipinski definition) is 3. The van der Waals surface area contributed by atoms with Crippen LogP contribution >= 0.6 is 27.5 Å². The first-order valence-corrected chi connectivity index (χ1v) is 5.80. The summed E-state index contributed by atoms with van der Waals surface area (Å²) < 4.78 is 0.852. The standard InChI is InChI=1S/C11H9BrClN3/c1-6-4-10(14)16-11(15-6)8-3-2-7(13)5-9(8)12/h2-5H,1H3,(H2,14,15,16). The zero-order chi connectivity index (χ0) is 11.7. The van der Waals surface area contributed by atoms with Crippen LogP contribution in [0.15, 0.2) is 28.7 Å². The minimum absolute atomic E-state index is 0.462. The van der Waals surface area contributed by atoms with Crippen molar-refractivity contribution in [2.45, 2.75) is 6.92 Å². The van der Waals surface area contributed by atoms with Crippen LogP contribution in [0.25, 0.3) is 11.4 Å². The molecule has 1 heterocycles. The van der Waals surface area contributed by atoms with Crippen molar-refractivity contribution >= 4 is 33.3 Å². The summed E-state index contributed by atoms with van der Waals surface area (Å²) in [5.74, 6) is 1.06. The van der Waals surface area contributed by atoms with Crippen molar-refractivity contribution in [1.29, 1.82) is 0 Å². The number of nitrogens with zero attached hydrogens (tertiary/aromatic N) is 2. The van der Waals surface area contributed by atoms with Crippen LogP contribution in [0, 0.1) is 6.92 Å². The largest absolute Gasteiger partial charge is 0.384 e. The molecule has 5 heteroatoms. The molecule has 82 valence electrons. The number of nitrogen functional groups attached to an aromatic ring is 1. The lowest BCUT2D eigenvalue weighted by Gasteiger charge is -2.05. The molecule has 2 aromatic rings. The van der Waals surface area contributed by atoms with Crippen LogP contribution in [-0.4, -0.2) is 9.97 Å². The topological polar surface area (TPSA) is 51.8 Å². The van der Waals surface area contributed by atoms with Crippen molar-refractivity contribution in [3.05, 3.63) is 39.5 Å². The Morgan fingerprint density at radius 1 is 1.25 bits per heavy atom. The van der Waals surface area contributed by atoms with Gasteiger partial charge in [-0.3, -0.25) is 0 Å². The molecule has 2 N–H and O–H groups in total. The predicted octanol–water partition coefficient (Wildman–Crippen LogP) is 3.45. The molecule has 1 aromatic heterocycles. The molecule has 0 aliphatic rings. The van der Waals surface area contributed by atoms with Crippen LogP contribution in [0.4, 0.5) is 5.82 Å². The highest BCUT2D eigenvalue weighted by atomic mass is 79.9. The summed E-state index contributed by atoms with van der Waals surface area (Å²) in [6, 6.07) is 7.19. The van der Waals surface area contributed by atoms with Gasteiger partial charge in [0.2, 0.25) is 0 Å². The van der Waals surface area contributed by atoms with Gasteiger partial charge in [-0.05, 0) is 41.1 Å². The van der Waals surface area contributed by atoms with E-state index in [9.17, 15) is 0 Å². The van der Waals surface area contributed by atoms with Gasteiger partial charge in [0.05, 0.1) is 0 Å². The minimum atomic E-state index is 0.462. The number of aryl methyl sites for hydroxylation is 1. The fraction of sp³-hybridized carbons (Fsp3) is 0.0909. The molecule has 0 amide bonds. The van der Waals surface area contributed by atoms with Crippen LogP contribution in [0.2, 0.25) is 5.02 Å². The Kier molecular flexibility index (Phi) is 3.12. The summed E-state index contributed by atoms with van der Waals surface area (Å²) in [4.78, 5) is 8.52. The number of anilines is 1. The average molecular weight is 299 g/mol. The summed E-state index contributed by atoms with van der Waals surface area (Å²) in [6.07, 6.45) is 0. The number of hydrogen-bond donors (Lipinski definition) is 1. The molecule has 3 nitrogen and oxygen atoms in total. The first kappa shape index (κ1) is 11.4. The summed E-state index contributed by atoms with van der Waals surface area (Å²) in [6.45, 7) is 1.88. The molecule has 0 unspecified atom stereocenters. The van der Waals surface area contributed by atoms with E-state index in [1.807, 2.05) is 13.0 Å². The molecule has 0 saturated carbocycles. The zero-order valence-electron chi connectivity index (χ0n) is 8.54. The number of nitrogens with two attached hydrogens (primary N) is 1. The van der Waals surface area contributed by atoms with Crippen molar-refractivity contribution in [1.82, 2.24) is 9.97 Å².